The van der Waals surface area contributed by atoms with Crippen molar-refractivity contribution >= 4 is 29.1 Å². The minimum absolute atomic E-state index is 0.228. The maximum atomic E-state index is 13.1. The number of anilines is 2. The van der Waals surface area contributed by atoms with Gasteiger partial charge in [0, 0.05) is 28.1 Å². The lowest BCUT2D eigenvalue weighted by molar-refractivity contribution is 0.0937. The summed E-state index contributed by atoms with van der Waals surface area (Å²) in [5.41, 5.74) is 3.02. The van der Waals surface area contributed by atoms with Crippen LogP contribution in [0.1, 0.15) is 49.6 Å². The average molecular weight is 464 g/mol. The monoisotopic (exact) mass is 463 g/mol. The number of amides is 3. The number of benzene rings is 4. The van der Waals surface area contributed by atoms with Crippen LogP contribution < -0.4 is 16.0 Å². The zero-order valence-corrected chi connectivity index (χ0v) is 19.2. The first kappa shape index (κ1) is 23.4. The largest absolute Gasteiger partial charge is 0.346 e. The van der Waals surface area contributed by atoms with Crippen LogP contribution in [0.4, 0.5) is 11.4 Å². The highest BCUT2D eigenvalue weighted by atomic mass is 16.2. The normalized spacial score (nSPS) is 11.2. The second kappa shape index (κ2) is 10.9. The standard InChI is InChI=1S/C29H25N3O3/c1-20(21-11-5-2-6-12-21)30-29(35)24-17-25(31-27(33)22-13-7-3-8-14-22)19-26(18-24)32-28(34)23-15-9-4-10-16-23/h2-20H,1H3,(H,30,35)(H,31,33)(H,32,34). The Morgan fingerprint density at radius 1 is 0.543 bits per heavy atom. The van der Waals surface area contributed by atoms with E-state index in [0.29, 0.717) is 28.1 Å². The number of carbonyl (C=O) groups excluding carboxylic acids is 3. The van der Waals surface area contributed by atoms with Crippen LogP contribution in [-0.4, -0.2) is 17.7 Å². The number of nitrogens with one attached hydrogen (secondary N) is 3. The summed E-state index contributed by atoms with van der Waals surface area (Å²) >= 11 is 0. The molecule has 4 rings (SSSR count). The van der Waals surface area contributed by atoms with Crippen LogP contribution in [0.25, 0.3) is 0 Å². The molecule has 0 aliphatic carbocycles. The van der Waals surface area contributed by atoms with Gasteiger partial charge < -0.3 is 16.0 Å². The van der Waals surface area contributed by atoms with Crippen molar-refractivity contribution in [3.05, 3.63) is 131 Å². The molecule has 6 nitrogen and oxygen atoms in total. The fourth-order valence-electron chi connectivity index (χ4n) is 3.59. The Morgan fingerprint density at radius 2 is 0.971 bits per heavy atom. The molecule has 1 atom stereocenters. The van der Waals surface area contributed by atoms with Crippen molar-refractivity contribution in [2.75, 3.05) is 10.6 Å². The Labute approximate surface area is 204 Å². The Morgan fingerprint density at radius 3 is 1.43 bits per heavy atom. The molecule has 0 aliphatic rings. The zero-order chi connectivity index (χ0) is 24.6. The van der Waals surface area contributed by atoms with E-state index < -0.39 is 0 Å². The minimum atomic E-state index is -0.327. The van der Waals surface area contributed by atoms with Crippen LogP contribution in [0, 0.1) is 0 Å². The van der Waals surface area contributed by atoms with Crippen molar-refractivity contribution < 1.29 is 14.4 Å². The van der Waals surface area contributed by atoms with E-state index in [1.165, 1.54) is 0 Å². The van der Waals surface area contributed by atoms with Gasteiger partial charge in [0.05, 0.1) is 6.04 Å². The molecule has 6 heteroatoms. The van der Waals surface area contributed by atoms with Crippen molar-refractivity contribution in [2.45, 2.75) is 13.0 Å². The molecule has 0 fully saturated rings. The smallest absolute Gasteiger partial charge is 0.255 e. The molecular weight excluding hydrogens is 438 g/mol. The molecule has 4 aromatic carbocycles. The number of carbonyl (C=O) groups is 3. The molecule has 0 saturated heterocycles. The van der Waals surface area contributed by atoms with E-state index in [4.69, 9.17) is 0 Å². The summed E-state index contributed by atoms with van der Waals surface area (Å²) in [5, 5.41) is 8.62. The summed E-state index contributed by atoms with van der Waals surface area (Å²) in [7, 11) is 0. The first-order chi connectivity index (χ1) is 17.0. The number of rotatable bonds is 7. The van der Waals surface area contributed by atoms with Gasteiger partial charge in [0.25, 0.3) is 17.7 Å². The number of hydrogen-bond acceptors (Lipinski definition) is 3. The molecule has 174 valence electrons. The fourth-order valence-corrected chi connectivity index (χ4v) is 3.59. The first-order valence-electron chi connectivity index (χ1n) is 11.2. The maximum absolute atomic E-state index is 13.1. The lowest BCUT2D eigenvalue weighted by Crippen LogP contribution is -2.27. The van der Waals surface area contributed by atoms with E-state index in [-0.39, 0.29) is 23.8 Å². The molecule has 4 aromatic rings. The van der Waals surface area contributed by atoms with Crippen LogP contribution >= 0.6 is 0 Å². The summed E-state index contributed by atoms with van der Waals surface area (Å²) in [6, 6.07) is 31.7. The van der Waals surface area contributed by atoms with Crippen LogP contribution in [0.15, 0.2) is 109 Å². The van der Waals surface area contributed by atoms with Crippen molar-refractivity contribution in [3.63, 3.8) is 0 Å². The highest BCUT2D eigenvalue weighted by Gasteiger charge is 2.16. The predicted octanol–water partition coefficient (Wildman–Crippen LogP) is 5.68. The topological polar surface area (TPSA) is 87.3 Å². The molecule has 0 bridgehead atoms. The van der Waals surface area contributed by atoms with Crippen molar-refractivity contribution in [2.24, 2.45) is 0 Å². The highest BCUT2D eigenvalue weighted by molar-refractivity contribution is 6.08. The molecule has 0 radical (unpaired) electrons. The van der Waals surface area contributed by atoms with Crippen LogP contribution in [0.2, 0.25) is 0 Å². The Bertz CT molecular complexity index is 1250. The molecule has 3 amide bonds. The van der Waals surface area contributed by atoms with Gasteiger partial charge in [0.2, 0.25) is 0 Å². The summed E-state index contributed by atoms with van der Waals surface area (Å²) in [6.07, 6.45) is 0. The quantitative estimate of drug-likeness (QED) is 0.329. The minimum Gasteiger partial charge on any atom is -0.346 e. The van der Waals surface area contributed by atoms with E-state index in [1.807, 2.05) is 49.4 Å². The van der Waals surface area contributed by atoms with Crippen LogP contribution in [0.5, 0.6) is 0 Å². The summed E-state index contributed by atoms with van der Waals surface area (Å²) in [6.45, 7) is 1.90. The second-order valence-electron chi connectivity index (χ2n) is 8.05. The van der Waals surface area contributed by atoms with Gasteiger partial charge in [-0.2, -0.15) is 0 Å². The Hall–Kier alpha value is -4.71. The van der Waals surface area contributed by atoms with E-state index in [0.717, 1.165) is 5.56 Å². The van der Waals surface area contributed by atoms with E-state index >= 15 is 0 Å². The molecule has 1 unspecified atom stereocenters. The Kier molecular flexibility index (Phi) is 7.33. The molecular formula is C29H25N3O3. The summed E-state index contributed by atoms with van der Waals surface area (Å²) < 4.78 is 0. The maximum Gasteiger partial charge on any atom is 0.255 e. The summed E-state index contributed by atoms with van der Waals surface area (Å²) in [4.78, 5) is 38.5. The third-order valence-electron chi connectivity index (χ3n) is 5.43. The van der Waals surface area contributed by atoms with E-state index in [1.54, 1.807) is 66.7 Å². The van der Waals surface area contributed by atoms with Gasteiger partial charge in [-0.3, -0.25) is 14.4 Å². The lowest BCUT2D eigenvalue weighted by atomic mass is 10.1. The average Bonchev–Trinajstić information content (AvgIpc) is 2.90. The second-order valence-corrected chi connectivity index (χ2v) is 8.05. The highest BCUT2D eigenvalue weighted by Crippen LogP contribution is 2.22. The van der Waals surface area contributed by atoms with E-state index in [9.17, 15) is 14.4 Å². The first-order valence-corrected chi connectivity index (χ1v) is 11.2. The van der Waals surface area contributed by atoms with Crippen molar-refractivity contribution in [1.82, 2.24) is 5.32 Å². The molecule has 0 aliphatic heterocycles. The molecule has 0 heterocycles. The van der Waals surface area contributed by atoms with Crippen LogP contribution in [0.3, 0.4) is 0 Å². The predicted molar refractivity (Wildman–Crippen MR) is 138 cm³/mol. The van der Waals surface area contributed by atoms with Gasteiger partial charge >= 0.3 is 0 Å². The van der Waals surface area contributed by atoms with E-state index in [2.05, 4.69) is 16.0 Å². The van der Waals surface area contributed by atoms with Gasteiger partial charge in [-0.05, 0) is 55.0 Å². The summed E-state index contributed by atoms with van der Waals surface area (Å²) in [5.74, 6) is -0.963. The van der Waals surface area contributed by atoms with Gasteiger partial charge in [-0.25, -0.2) is 0 Å². The van der Waals surface area contributed by atoms with Gasteiger partial charge in [-0.1, -0.05) is 66.7 Å². The molecule has 35 heavy (non-hydrogen) atoms. The van der Waals surface area contributed by atoms with Crippen molar-refractivity contribution in [3.8, 4) is 0 Å². The molecule has 0 spiro atoms. The third kappa shape index (κ3) is 6.21. The fraction of sp³-hybridized carbons (Fsp3) is 0.0690. The Balaban J connectivity index is 1.60. The van der Waals surface area contributed by atoms with Crippen LogP contribution in [-0.2, 0) is 0 Å². The SMILES string of the molecule is CC(NC(=O)c1cc(NC(=O)c2ccccc2)cc(NC(=O)c2ccccc2)c1)c1ccccc1. The molecule has 0 aromatic heterocycles. The van der Waals surface area contributed by atoms with Crippen molar-refractivity contribution in [1.29, 1.82) is 0 Å². The van der Waals surface area contributed by atoms with Gasteiger partial charge in [0.1, 0.15) is 0 Å². The number of hydrogen-bond donors (Lipinski definition) is 3. The molecule has 3 N–H and O–H groups in total. The zero-order valence-electron chi connectivity index (χ0n) is 19.2. The van der Waals surface area contributed by atoms with Gasteiger partial charge in [-0.15, -0.1) is 0 Å². The molecule has 0 saturated carbocycles. The van der Waals surface area contributed by atoms with Gasteiger partial charge in [0.15, 0.2) is 0 Å². The third-order valence-corrected chi connectivity index (χ3v) is 5.43. The lowest BCUT2D eigenvalue weighted by Gasteiger charge is -2.16.